The molecule has 0 rings (SSSR count). The van der Waals surface area contributed by atoms with Gasteiger partial charge >= 0.3 is 29.0 Å². The molecule has 0 spiro atoms. The minimum absolute atomic E-state index is 0. The average Bonchev–Trinajstić information content (AvgIpc) is 1.65. The number of hydrogen-bond donors (Lipinski definition) is 0. The van der Waals surface area contributed by atoms with E-state index in [1.807, 2.05) is 0 Å². The minimum atomic E-state index is -0.792. The molecule has 0 saturated carbocycles. The van der Waals surface area contributed by atoms with E-state index in [4.69, 9.17) is 0 Å². The Morgan fingerprint density at radius 2 is 1.88 bits per heavy atom. The molecule has 0 radical (unpaired) electrons. The van der Waals surface area contributed by atoms with Crippen molar-refractivity contribution in [1.29, 1.82) is 0 Å². The summed E-state index contributed by atoms with van der Waals surface area (Å²) < 4.78 is 4.02. The quantitative estimate of drug-likeness (QED) is 0.274. The summed E-state index contributed by atoms with van der Waals surface area (Å²) >= 11 is 0. The van der Waals surface area contributed by atoms with E-state index in [1.165, 1.54) is 7.11 Å². The zero-order valence-corrected chi connectivity index (χ0v) is 6.35. The van der Waals surface area contributed by atoms with E-state index in [1.54, 1.807) is 0 Å². The van der Waals surface area contributed by atoms with Crippen molar-refractivity contribution >= 4 is 34.8 Å². The average molecular weight is 128 g/mol. The van der Waals surface area contributed by atoms with E-state index in [0.29, 0.717) is 0 Å². The van der Waals surface area contributed by atoms with Crippen LogP contribution in [0, 0.1) is 0 Å². The van der Waals surface area contributed by atoms with Crippen molar-refractivity contribution in [1.82, 2.24) is 0 Å². The van der Waals surface area contributed by atoms with E-state index < -0.39 is 11.8 Å². The number of hydrogen-bond acceptors (Lipinski definition) is 3. The van der Waals surface area contributed by atoms with Gasteiger partial charge in [-0.25, -0.2) is 4.79 Å². The molecule has 0 amide bonds. The molecule has 0 aromatic carbocycles. The van der Waals surface area contributed by atoms with Gasteiger partial charge in [-0.2, -0.15) is 0 Å². The largest absolute Gasteiger partial charge is 2.00 e. The number of ether oxygens (including phenoxy) is 1. The Labute approximate surface area is 66.5 Å². The molecule has 0 fully saturated rings. The molecule has 0 N–H and O–H groups in total. The number of methoxy groups -OCH3 is 1. The number of rotatable bonds is 1. The van der Waals surface area contributed by atoms with E-state index in [2.05, 4.69) is 4.74 Å². The van der Waals surface area contributed by atoms with Gasteiger partial charge in [-0.1, -0.05) is 0 Å². The van der Waals surface area contributed by atoms with Gasteiger partial charge in [0.2, 0.25) is 5.78 Å². The van der Waals surface area contributed by atoms with Crippen molar-refractivity contribution in [3.8, 4) is 0 Å². The molecule has 0 atom stereocenters. The topological polar surface area (TPSA) is 43.4 Å². The molecule has 0 aliphatic rings. The number of ketones is 1. The van der Waals surface area contributed by atoms with Gasteiger partial charge in [-0.15, -0.1) is 0 Å². The third-order valence-corrected chi connectivity index (χ3v) is 0.473. The van der Waals surface area contributed by atoms with Crippen molar-refractivity contribution in [3.63, 3.8) is 0 Å². The summed E-state index contributed by atoms with van der Waals surface area (Å²) in [7, 11) is 1.17. The smallest absolute Gasteiger partial charge is 1.00 e. The van der Waals surface area contributed by atoms with Gasteiger partial charge in [0, 0.05) is 6.92 Å². The number of Topliss-reactive ketones (excluding diaryl/α,β-unsaturated/α-hetero) is 1. The van der Waals surface area contributed by atoms with Crippen LogP contribution < -0.4 is 0 Å². The van der Waals surface area contributed by atoms with Crippen LogP contribution >= 0.6 is 0 Å². The van der Waals surface area contributed by atoms with Crippen molar-refractivity contribution < 1.29 is 17.2 Å². The molecule has 0 aromatic rings. The summed E-state index contributed by atoms with van der Waals surface area (Å²) in [5.41, 5.74) is 0. The molecular formula is C4H8MgO3. The maximum atomic E-state index is 9.94. The third kappa shape index (κ3) is 4.08. The molecule has 0 bridgehead atoms. The van der Waals surface area contributed by atoms with Gasteiger partial charge in [0.15, 0.2) is 0 Å². The first-order valence-electron chi connectivity index (χ1n) is 1.77. The Morgan fingerprint density at radius 1 is 1.50 bits per heavy atom. The molecular weight excluding hydrogens is 120 g/mol. The van der Waals surface area contributed by atoms with Crippen LogP contribution in [0.3, 0.4) is 0 Å². The van der Waals surface area contributed by atoms with Gasteiger partial charge in [-0.3, -0.25) is 4.79 Å². The van der Waals surface area contributed by atoms with Crippen LogP contribution in [-0.2, 0) is 14.3 Å². The van der Waals surface area contributed by atoms with Crippen LogP contribution in [0.4, 0.5) is 0 Å². The molecule has 0 aromatic heterocycles. The van der Waals surface area contributed by atoms with Crippen LogP contribution in [0.2, 0.25) is 0 Å². The second kappa shape index (κ2) is 5.05. The standard InChI is InChI=1S/C4H6O3.Mg.2H/c1-3(5)4(6)7-2;;;/h1-2H3;;;/q;+2;2*-1. The predicted molar refractivity (Wildman–Crippen MR) is 30.7 cm³/mol. The first kappa shape index (κ1) is 10.8. The number of carbonyl (C=O) groups excluding carboxylic acids is 2. The van der Waals surface area contributed by atoms with E-state index in [0.717, 1.165) is 6.92 Å². The van der Waals surface area contributed by atoms with E-state index in [9.17, 15) is 9.59 Å². The van der Waals surface area contributed by atoms with Crippen molar-refractivity contribution in [3.05, 3.63) is 0 Å². The molecule has 3 nitrogen and oxygen atoms in total. The first-order chi connectivity index (χ1) is 3.18. The van der Waals surface area contributed by atoms with Crippen LogP contribution in [0.5, 0.6) is 0 Å². The minimum Gasteiger partial charge on any atom is -1.00 e. The summed E-state index contributed by atoms with van der Waals surface area (Å²) in [6, 6.07) is 0. The Hall–Kier alpha value is -0.0938. The first-order valence-corrected chi connectivity index (χ1v) is 1.77. The Balaban J connectivity index is -0.0000000600. The summed E-state index contributed by atoms with van der Waals surface area (Å²) in [5.74, 6) is -1.36. The fourth-order valence-corrected chi connectivity index (χ4v) is 0.144. The van der Waals surface area contributed by atoms with Gasteiger partial charge in [0.05, 0.1) is 7.11 Å². The van der Waals surface area contributed by atoms with Crippen LogP contribution in [0.15, 0.2) is 0 Å². The molecule has 4 heteroatoms. The summed E-state index contributed by atoms with van der Waals surface area (Å²) in [6.45, 7) is 1.16. The molecule has 0 unspecified atom stereocenters. The molecule has 8 heavy (non-hydrogen) atoms. The molecule has 0 aliphatic heterocycles. The Kier molecular flexibility index (Phi) is 6.83. The van der Waals surface area contributed by atoms with Crippen molar-refractivity contribution in [2.45, 2.75) is 6.92 Å². The van der Waals surface area contributed by atoms with Crippen LogP contribution in [0.25, 0.3) is 0 Å². The van der Waals surface area contributed by atoms with Gasteiger partial charge in [0.25, 0.3) is 0 Å². The van der Waals surface area contributed by atoms with Gasteiger partial charge in [0.1, 0.15) is 0 Å². The van der Waals surface area contributed by atoms with Crippen LogP contribution in [0.1, 0.15) is 9.78 Å². The normalized spacial score (nSPS) is 6.75. The van der Waals surface area contributed by atoms with E-state index >= 15 is 0 Å². The fraction of sp³-hybridized carbons (Fsp3) is 0.500. The maximum Gasteiger partial charge on any atom is 2.00 e. The van der Waals surface area contributed by atoms with E-state index in [-0.39, 0.29) is 25.9 Å². The second-order valence-electron chi connectivity index (χ2n) is 1.05. The maximum absolute atomic E-state index is 9.94. The predicted octanol–water partition coefficient (Wildman–Crippen LogP) is -0.407. The zero-order chi connectivity index (χ0) is 5.86. The second-order valence-corrected chi connectivity index (χ2v) is 1.05. The van der Waals surface area contributed by atoms with Crippen molar-refractivity contribution in [2.75, 3.05) is 7.11 Å². The molecule has 0 saturated heterocycles. The summed E-state index contributed by atoms with van der Waals surface area (Å²) in [5, 5.41) is 0. The van der Waals surface area contributed by atoms with Crippen LogP contribution in [-0.4, -0.2) is 41.9 Å². The molecule has 0 aliphatic carbocycles. The Morgan fingerprint density at radius 3 is 1.88 bits per heavy atom. The number of esters is 1. The molecule has 0 heterocycles. The third-order valence-electron chi connectivity index (χ3n) is 0.473. The monoisotopic (exact) mass is 128 g/mol. The fourth-order valence-electron chi connectivity index (χ4n) is 0.144. The van der Waals surface area contributed by atoms with Gasteiger partial charge in [-0.05, 0) is 0 Å². The summed E-state index contributed by atoms with van der Waals surface area (Å²) in [6.07, 6.45) is 0. The summed E-state index contributed by atoms with van der Waals surface area (Å²) in [4.78, 5) is 19.8. The SMILES string of the molecule is COC(=O)C(C)=O.[H-].[H-].[Mg+2]. The molecule has 44 valence electrons. The Bertz CT molecular complexity index is 107. The number of carbonyl (C=O) groups is 2. The van der Waals surface area contributed by atoms with Gasteiger partial charge < -0.3 is 7.59 Å². The zero-order valence-electron chi connectivity index (χ0n) is 6.93. The van der Waals surface area contributed by atoms with Crippen molar-refractivity contribution in [2.24, 2.45) is 0 Å².